The summed E-state index contributed by atoms with van der Waals surface area (Å²) >= 11 is 0. The van der Waals surface area contributed by atoms with Crippen molar-refractivity contribution in [2.45, 2.75) is 33.7 Å². The Morgan fingerprint density at radius 3 is 2.09 bits per heavy atom. The molecule has 0 bridgehead atoms. The minimum atomic E-state index is -0.151. The molecule has 2 N–H and O–H groups in total. The maximum atomic E-state index is 12.9. The molecule has 170 valence electrons. The van der Waals surface area contributed by atoms with E-state index in [-0.39, 0.29) is 24.4 Å². The van der Waals surface area contributed by atoms with Crippen LogP contribution in [0.2, 0.25) is 0 Å². The number of nitrogens with one attached hydrogen (secondary N) is 2. The van der Waals surface area contributed by atoms with Gasteiger partial charge in [0.05, 0.1) is 18.7 Å². The molecule has 2 amide bonds. The molecule has 0 radical (unpaired) electrons. The van der Waals surface area contributed by atoms with Crippen molar-refractivity contribution in [2.75, 3.05) is 44.6 Å². The van der Waals surface area contributed by atoms with Gasteiger partial charge in [0.15, 0.2) is 0 Å². The van der Waals surface area contributed by atoms with E-state index < -0.39 is 0 Å². The van der Waals surface area contributed by atoms with Crippen LogP contribution in [0, 0.1) is 25.2 Å². The minimum Gasteiger partial charge on any atom is -0.353 e. The number of hydrogen-bond acceptors (Lipinski definition) is 5. The summed E-state index contributed by atoms with van der Waals surface area (Å²) in [5, 5.41) is 15.6. The zero-order chi connectivity index (χ0) is 23.3. The summed E-state index contributed by atoms with van der Waals surface area (Å²) in [5.74, 6) is 0.396. The first-order valence-electron chi connectivity index (χ1n) is 11.0. The number of nitriles is 1. The highest BCUT2D eigenvalue weighted by molar-refractivity contribution is 5.93. The Hall–Kier alpha value is -3.15. The number of nitrogens with zero attached hydrogens (tertiary/aromatic N) is 4. The molecule has 32 heavy (non-hydrogen) atoms. The summed E-state index contributed by atoms with van der Waals surface area (Å²) < 4.78 is 1.93. The molecule has 0 aliphatic carbocycles. The Bertz CT molecular complexity index is 998. The monoisotopic (exact) mass is 436 g/mol. The highest BCUT2D eigenvalue weighted by Gasteiger charge is 2.24. The van der Waals surface area contributed by atoms with Gasteiger partial charge in [-0.2, -0.15) is 5.26 Å². The molecular formula is C24H32N6O2. The van der Waals surface area contributed by atoms with Crippen LogP contribution in [0.4, 0.5) is 5.82 Å². The first-order chi connectivity index (χ1) is 15.3. The van der Waals surface area contributed by atoms with Gasteiger partial charge in [0.2, 0.25) is 11.8 Å². The molecule has 1 saturated heterocycles. The molecule has 0 saturated carbocycles. The minimum absolute atomic E-state index is 0.0302. The first-order valence-corrected chi connectivity index (χ1v) is 11.0. The van der Waals surface area contributed by atoms with Gasteiger partial charge in [-0.1, -0.05) is 18.2 Å². The van der Waals surface area contributed by atoms with Crippen molar-refractivity contribution in [3.05, 3.63) is 47.2 Å². The second-order valence-corrected chi connectivity index (χ2v) is 8.54. The van der Waals surface area contributed by atoms with E-state index in [1.54, 1.807) is 0 Å². The SMILES string of the molecule is Cc1c(C#N)c(NC(=O)CN2CCN(CC(=O)NC(C)C)CC2)n(-c2ccccc2)c1C. The highest BCUT2D eigenvalue weighted by Crippen LogP contribution is 2.29. The summed E-state index contributed by atoms with van der Waals surface area (Å²) in [4.78, 5) is 29.0. The van der Waals surface area contributed by atoms with Crippen molar-refractivity contribution >= 4 is 17.6 Å². The number of hydrogen-bond donors (Lipinski definition) is 2. The molecule has 0 unspecified atom stereocenters. The van der Waals surface area contributed by atoms with Crippen LogP contribution in [-0.2, 0) is 9.59 Å². The molecule has 0 spiro atoms. The van der Waals surface area contributed by atoms with Crippen molar-refractivity contribution < 1.29 is 9.59 Å². The summed E-state index contributed by atoms with van der Waals surface area (Å²) in [6, 6.07) is 12.1. The van der Waals surface area contributed by atoms with Crippen LogP contribution in [0.1, 0.15) is 30.7 Å². The second kappa shape index (κ2) is 10.4. The van der Waals surface area contributed by atoms with E-state index in [1.807, 2.05) is 62.6 Å². The predicted octanol–water partition coefficient (Wildman–Crippen LogP) is 2.05. The quantitative estimate of drug-likeness (QED) is 0.693. The molecule has 2 aromatic rings. The van der Waals surface area contributed by atoms with Gasteiger partial charge in [-0.15, -0.1) is 0 Å². The maximum absolute atomic E-state index is 12.9. The van der Waals surface area contributed by atoms with Gasteiger partial charge < -0.3 is 10.6 Å². The number of carbonyl (C=O) groups is 2. The van der Waals surface area contributed by atoms with Gasteiger partial charge in [-0.3, -0.25) is 24.0 Å². The third kappa shape index (κ3) is 5.55. The molecule has 3 rings (SSSR count). The number of para-hydroxylation sites is 1. The predicted molar refractivity (Wildman–Crippen MR) is 125 cm³/mol. The van der Waals surface area contributed by atoms with Crippen molar-refractivity contribution in [2.24, 2.45) is 0 Å². The summed E-state index contributed by atoms with van der Waals surface area (Å²) in [5.41, 5.74) is 3.18. The molecule has 0 atom stereocenters. The summed E-state index contributed by atoms with van der Waals surface area (Å²) in [7, 11) is 0. The maximum Gasteiger partial charge on any atom is 0.239 e. The van der Waals surface area contributed by atoms with E-state index in [1.165, 1.54) is 0 Å². The van der Waals surface area contributed by atoms with Crippen molar-refractivity contribution in [3.8, 4) is 11.8 Å². The lowest BCUT2D eigenvalue weighted by atomic mass is 10.2. The number of piperazine rings is 1. The average Bonchev–Trinajstić information content (AvgIpc) is 2.98. The van der Waals surface area contributed by atoms with Crippen LogP contribution in [0.5, 0.6) is 0 Å². The van der Waals surface area contributed by atoms with Gasteiger partial charge in [-0.05, 0) is 45.4 Å². The van der Waals surface area contributed by atoms with E-state index in [2.05, 4.69) is 26.5 Å². The number of carbonyl (C=O) groups excluding carboxylic acids is 2. The van der Waals surface area contributed by atoms with Crippen LogP contribution in [0.15, 0.2) is 30.3 Å². The highest BCUT2D eigenvalue weighted by atomic mass is 16.2. The Morgan fingerprint density at radius 1 is 1.00 bits per heavy atom. The molecule has 2 heterocycles. The van der Waals surface area contributed by atoms with E-state index in [0.29, 0.717) is 31.0 Å². The van der Waals surface area contributed by atoms with E-state index in [0.717, 1.165) is 30.0 Å². The van der Waals surface area contributed by atoms with Crippen LogP contribution in [0.25, 0.3) is 5.69 Å². The fourth-order valence-corrected chi connectivity index (χ4v) is 4.01. The van der Waals surface area contributed by atoms with E-state index in [9.17, 15) is 14.9 Å². The number of aromatic nitrogens is 1. The number of benzene rings is 1. The summed E-state index contributed by atoms with van der Waals surface area (Å²) in [6.45, 7) is 11.3. The van der Waals surface area contributed by atoms with Crippen LogP contribution >= 0.6 is 0 Å². The van der Waals surface area contributed by atoms with Crippen molar-refractivity contribution in [1.82, 2.24) is 19.7 Å². The molecule has 1 fully saturated rings. The fourth-order valence-electron chi connectivity index (χ4n) is 4.01. The number of amides is 2. The van der Waals surface area contributed by atoms with Gasteiger partial charge in [-0.25, -0.2) is 0 Å². The molecule has 1 aliphatic heterocycles. The lowest BCUT2D eigenvalue weighted by molar-refractivity contribution is -0.124. The third-order valence-electron chi connectivity index (χ3n) is 5.75. The molecule has 8 nitrogen and oxygen atoms in total. The van der Waals surface area contributed by atoms with E-state index in [4.69, 9.17) is 0 Å². The van der Waals surface area contributed by atoms with E-state index >= 15 is 0 Å². The topological polar surface area (TPSA) is 93.4 Å². The first kappa shape index (κ1) is 23.5. The van der Waals surface area contributed by atoms with Gasteiger partial charge in [0.1, 0.15) is 11.9 Å². The standard InChI is InChI=1S/C24H32N6O2/c1-17(2)26-22(31)15-28-10-12-29(13-11-28)16-23(32)27-24-21(14-25)18(3)19(4)30(24)20-8-6-5-7-9-20/h5-9,17H,10-13,15-16H2,1-4H3,(H,26,31)(H,27,32). The summed E-state index contributed by atoms with van der Waals surface area (Å²) in [6.07, 6.45) is 0. The van der Waals surface area contributed by atoms with Gasteiger partial charge >= 0.3 is 0 Å². The normalized spacial score (nSPS) is 14.9. The second-order valence-electron chi connectivity index (χ2n) is 8.54. The van der Waals surface area contributed by atoms with Crippen molar-refractivity contribution in [1.29, 1.82) is 5.26 Å². The number of rotatable bonds is 7. The third-order valence-corrected chi connectivity index (χ3v) is 5.75. The largest absolute Gasteiger partial charge is 0.353 e. The molecule has 1 aromatic heterocycles. The smallest absolute Gasteiger partial charge is 0.239 e. The Kier molecular flexibility index (Phi) is 7.67. The van der Waals surface area contributed by atoms with Crippen molar-refractivity contribution in [3.63, 3.8) is 0 Å². The zero-order valence-corrected chi connectivity index (χ0v) is 19.3. The van der Waals surface area contributed by atoms with Crippen LogP contribution in [0.3, 0.4) is 0 Å². The lowest BCUT2D eigenvalue weighted by Gasteiger charge is -2.34. The average molecular weight is 437 g/mol. The fraction of sp³-hybridized carbons (Fsp3) is 0.458. The zero-order valence-electron chi connectivity index (χ0n) is 19.3. The Morgan fingerprint density at radius 2 is 1.56 bits per heavy atom. The molecular weight excluding hydrogens is 404 g/mol. The van der Waals surface area contributed by atoms with Crippen LogP contribution in [-0.4, -0.2) is 71.5 Å². The molecule has 1 aliphatic rings. The molecule has 1 aromatic carbocycles. The Labute approximate surface area is 189 Å². The lowest BCUT2D eigenvalue weighted by Crippen LogP contribution is -2.51. The van der Waals surface area contributed by atoms with Crippen LogP contribution < -0.4 is 10.6 Å². The molecule has 8 heteroatoms. The van der Waals surface area contributed by atoms with Gasteiger partial charge in [0.25, 0.3) is 0 Å². The Balaban J connectivity index is 1.63. The van der Waals surface area contributed by atoms with Gasteiger partial charge in [0, 0.05) is 43.6 Å². The number of anilines is 1.